The highest BCUT2D eigenvalue weighted by Crippen LogP contribution is 2.24. The highest BCUT2D eigenvalue weighted by Gasteiger charge is 2.20. The number of rotatable bonds is 1. The third kappa shape index (κ3) is 13.9. The molecule has 2 heterocycles. The first-order valence-corrected chi connectivity index (χ1v) is 5.60. The Kier molecular flexibility index (Phi) is 36.9. The van der Waals surface area contributed by atoms with Crippen LogP contribution in [0.25, 0.3) is 0 Å². The van der Waals surface area contributed by atoms with Gasteiger partial charge in [-0.15, -0.1) is 11.3 Å². The van der Waals surface area contributed by atoms with Gasteiger partial charge in [-0.1, -0.05) is 0 Å². The van der Waals surface area contributed by atoms with Crippen LogP contribution >= 0.6 is 11.3 Å². The molecule has 1 aliphatic rings. The van der Waals surface area contributed by atoms with Gasteiger partial charge in [0.1, 0.15) is 0 Å². The van der Waals surface area contributed by atoms with Crippen molar-refractivity contribution in [1.82, 2.24) is 9.88 Å². The van der Waals surface area contributed by atoms with Gasteiger partial charge in [-0.3, -0.25) is 4.70 Å². The molecule has 0 aromatic carbocycles. The lowest BCUT2D eigenvalue weighted by atomic mass is 10.2. The first kappa shape index (κ1) is 33.8. The Balaban J connectivity index is -0.0000000950. The number of carbonyl (C=O) groups is 1. The first-order valence-electron chi connectivity index (χ1n) is 4.78. The number of thiazole rings is 1. The van der Waals surface area contributed by atoms with Crippen LogP contribution in [-0.2, 0) is 13.0 Å². The maximum Gasteiger partial charge on any atom is 0.365 e. The predicted molar refractivity (Wildman–Crippen MR) is 62.7 cm³/mol. The number of carboxylic acids is 1. The molecule has 16 heteroatoms. The number of halogens is 11. The molecule has 148 valence electrons. The molecule has 0 atom stereocenters. The number of likely N-dealkylation sites (N-methyl/N-ethyl adjacent to an activating group) is 1. The molecule has 1 aliphatic heterocycles. The Hall–Kier alpha value is -1.71. The second-order valence-corrected chi connectivity index (χ2v) is 4.27. The van der Waals surface area contributed by atoms with Gasteiger partial charge < -0.3 is 10.0 Å². The number of aromatic carboxylic acids is 1. The Morgan fingerprint density at radius 2 is 1.46 bits per heavy atom. The predicted octanol–water partition coefficient (Wildman–Crippen LogP) is 5.18. The van der Waals surface area contributed by atoms with E-state index in [1.807, 2.05) is 7.05 Å². The van der Waals surface area contributed by atoms with Crippen molar-refractivity contribution < 1.29 is 60.3 Å². The topological polar surface area (TPSA) is 53.4 Å². The molecule has 0 unspecified atom stereocenters. The highest BCUT2D eigenvalue weighted by atomic mass is 32.1. The molecule has 0 aliphatic carbocycles. The zero-order chi connectivity index (χ0) is 19.4. The van der Waals surface area contributed by atoms with Gasteiger partial charge in [0, 0.05) is 70.1 Å². The first-order chi connectivity index (χ1) is 11.2. The summed E-state index contributed by atoms with van der Waals surface area (Å²) in [6.45, 7) is 1.80. The maximum absolute atomic E-state index is 10.6. The van der Waals surface area contributed by atoms with E-state index >= 15 is 0 Å². The maximum atomic E-state index is 10.6. The molecule has 0 fully saturated rings. The van der Waals surface area contributed by atoms with E-state index in [0.29, 0.717) is 0 Å². The van der Waals surface area contributed by atoms with Gasteiger partial charge in [0.05, 0.1) is 5.69 Å². The van der Waals surface area contributed by atoms with Crippen molar-refractivity contribution >= 4 is 17.3 Å². The van der Waals surface area contributed by atoms with Crippen molar-refractivity contribution in [3.05, 3.63) is 15.6 Å². The third-order valence-electron chi connectivity index (χ3n) is 2.11. The zero-order valence-corrected chi connectivity index (χ0v) is 12.3. The van der Waals surface area contributed by atoms with Crippen LogP contribution in [0.2, 0.25) is 0 Å². The normalized spacial score (nSPS) is 10.5. The number of hydrogen-bond acceptors (Lipinski definition) is 4. The molecule has 0 spiro atoms. The summed E-state index contributed by atoms with van der Waals surface area (Å²) in [5.74, 6) is -0.915. The lowest BCUT2D eigenvalue weighted by Gasteiger charge is -2.20. The summed E-state index contributed by atoms with van der Waals surface area (Å²) in [7, 11) is 2.03. The molecule has 1 aromatic heterocycles. The molecule has 4 nitrogen and oxygen atoms in total. The van der Waals surface area contributed by atoms with E-state index in [9.17, 15) is 4.79 Å². The average molecular weight is 408 g/mol. The monoisotopic (exact) mass is 408 g/mol. The van der Waals surface area contributed by atoms with Gasteiger partial charge in [0.25, 0.3) is 0 Å². The standard InChI is InChI=1S/C8H10N2O2S.5F2.FH/c1-10-3-2-5-6(4-10)13-7(9-5)8(11)12;5*1-2;/h2-4H2,1H3,(H,11,12);;;;;;1H. The quantitative estimate of drug-likeness (QED) is 0.651. The molecule has 1 aromatic rings. The van der Waals surface area contributed by atoms with E-state index in [1.54, 1.807) is 0 Å². The van der Waals surface area contributed by atoms with Gasteiger partial charge in [-0.05, 0) is 7.05 Å². The second-order valence-electron chi connectivity index (χ2n) is 3.18. The van der Waals surface area contributed by atoms with Crippen molar-refractivity contribution in [2.24, 2.45) is 0 Å². The number of nitrogens with zero attached hydrogens (tertiary/aromatic N) is 2. The van der Waals surface area contributed by atoms with Gasteiger partial charge in [0.15, 0.2) is 0 Å². The minimum atomic E-state index is -0.915. The van der Waals surface area contributed by atoms with Crippen molar-refractivity contribution in [2.45, 2.75) is 13.0 Å². The van der Waals surface area contributed by atoms with E-state index in [-0.39, 0.29) is 9.71 Å². The van der Waals surface area contributed by atoms with Gasteiger partial charge in [0.2, 0.25) is 5.01 Å². The summed E-state index contributed by atoms with van der Waals surface area (Å²) in [6, 6.07) is 0. The number of aromatic nitrogens is 1. The molecule has 0 saturated carbocycles. The number of carboxylic acid groups (broad SMARTS) is 1. The molecule has 0 saturated heterocycles. The molecule has 1 N–H and O–H groups in total. The largest absolute Gasteiger partial charge is 0.476 e. The lowest BCUT2D eigenvalue weighted by molar-refractivity contribution is 0.0696. The summed E-state index contributed by atoms with van der Waals surface area (Å²) in [5.41, 5.74) is 0.973. The minimum Gasteiger partial charge on any atom is -0.476 e. The number of hydrogen-bond donors (Lipinski definition) is 1. The van der Waals surface area contributed by atoms with Crippen LogP contribution in [-0.4, -0.2) is 34.6 Å². The van der Waals surface area contributed by atoms with Crippen molar-refractivity contribution in [3.8, 4) is 0 Å². The molecular weight excluding hydrogens is 397 g/mol. The van der Waals surface area contributed by atoms with Crippen LogP contribution in [0.5, 0.6) is 0 Å². The molecular formula is C8H11F11N2O2S. The molecule has 2 rings (SSSR count). The Labute approximate surface area is 131 Å². The smallest absolute Gasteiger partial charge is 0.365 e. The molecule has 0 bridgehead atoms. The van der Waals surface area contributed by atoms with Crippen LogP contribution in [0.1, 0.15) is 20.4 Å². The van der Waals surface area contributed by atoms with Gasteiger partial charge >= 0.3 is 5.97 Å². The van der Waals surface area contributed by atoms with Crippen LogP contribution in [0.3, 0.4) is 0 Å². The van der Waals surface area contributed by atoms with Gasteiger partial charge in [-0.2, -0.15) is 0 Å². The van der Waals surface area contributed by atoms with E-state index < -0.39 is 5.97 Å². The fourth-order valence-corrected chi connectivity index (χ4v) is 2.44. The van der Waals surface area contributed by atoms with Crippen LogP contribution < -0.4 is 0 Å². The summed E-state index contributed by atoms with van der Waals surface area (Å²) in [6.07, 6.45) is 0.871. The number of fused-ring (bicyclic) bond motifs is 1. The van der Waals surface area contributed by atoms with Crippen molar-refractivity contribution in [1.29, 1.82) is 0 Å². The SMILES string of the molecule is CN1CCc2nc(C(=O)O)sc2C1.F.FF.FF.FF.FF.FF. The summed E-state index contributed by atoms with van der Waals surface area (Å²) < 4.78 is 80.0. The molecule has 24 heavy (non-hydrogen) atoms. The summed E-state index contributed by atoms with van der Waals surface area (Å²) in [5, 5.41) is 8.96. The highest BCUT2D eigenvalue weighted by molar-refractivity contribution is 7.13. The van der Waals surface area contributed by atoms with Crippen molar-refractivity contribution in [2.75, 3.05) is 13.6 Å². The van der Waals surface area contributed by atoms with Crippen LogP contribution in [0.4, 0.5) is 50.4 Å². The van der Waals surface area contributed by atoms with E-state index in [1.165, 1.54) is 11.3 Å². The molecule has 0 radical (unpaired) electrons. The Morgan fingerprint density at radius 3 is 1.83 bits per heavy atom. The molecule has 0 amide bonds. The van der Waals surface area contributed by atoms with E-state index in [0.717, 1.165) is 30.1 Å². The van der Waals surface area contributed by atoms with E-state index in [4.69, 9.17) is 50.8 Å². The van der Waals surface area contributed by atoms with Crippen LogP contribution in [0, 0.1) is 0 Å². The van der Waals surface area contributed by atoms with Crippen LogP contribution in [0.15, 0.2) is 0 Å². The zero-order valence-electron chi connectivity index (χ0n) is 11.5. The van der Waals surface area contributed by atoms with Crippen molar-refractivity contribution in [3.63, 3.8) is 0 Å². The lowest BCUT2D eigenvalue weighted by Crippen LogP contribution is -2.25. The Morgan fingerprint density at radius 1 is 1.04 bits per heavy atom. The Bertz CT molecular complexity index is 372. The van der Waals surface area contributed by atoms with E-state index in [2.05, 4.69) is 9.88 Å². The average Bonchev–Trinajstić information content (AvgIpc) is 3.07. The summed E-state index contributed by atoms with van der Waals surface area (Å²) >= 11 is 1.29. The summed E-state index contributed by atoms with van der Waals surface area (Å²) in [4.78, 5) is 18.0. The fraction of sp³-hybridized carbons (Fsp3) is 0.500. The second kappa shape index (κ2) is 26.2. The minimum absolute atomic E-state index is 0. The fourth-order valence-electron chi connectivity index (χ4n) is 1.41. The van der Waals surface area contributed by atoms with Gasteiger partial charge in [-0.25, -0.2) is 9.78 Å². The third-order valence-corrected chi connectivity index (χ3v) is 3.18.